The number of carbonyl (C=O) groups is 2. The number of carboxylic acids is 1. The van der Waals surface area contributed by atoms with Gasteiger partial charge in [0, 0.05) is 13.1 Å². The predicted octanol–water partition coefficient (Wildman–Crippen LogP) is 1.16. The van der Waals surface area contributed by atoms with Gasteiger partial charge in [-0.1, -0.05) is 0 Å². The largest absolute Gasteiger partial charge is 0.480 e. The third-order valence-electron chi connectivity index (χ3n) is 4.03. The Hall–Kier alpha value is -1.30. The van der Waals surface area contributed by atoms with Crippen LogP contribution in [0.25, 0.3) is 0 Å². The van der Waals surface area contributed by atoms with E-state index in [2.05, 4.69) is 0 Å². The molecule has 2 aliphatic heterocycles. The zero-order valence-electron chi connectivity index (χ0n) is 11.8. The summed E-state index contributed by atoms with van der Waals surface area (Å²) in [6.07, 6.45) is 1.25. The van der Waals surface area contributed by atoms with Crippen molar-refractivity contribution in [3.05, 3.63) is 0 Å². The number of likely N-dealkylation sites (tertiary alicyclic amines) is 1. The number of rotatable bonds is 1. The highest BCUT2D eigenvalue weighted by Gasteiger charge is 2.48. The Morgan fingerprint density at radius 3 is 2.47 bits per heavy atom. The second-order valence-corrected chi connectivity index (χ2v) is 6.15. The Morgan fingerprint density at radius 1 is 1.21 bits per heavy atom. The van der Waals surface area contributed by atoms with Gasteiger partial charge >= 0.3 is 12.0 Å². The lowest BCUT2D eigenvalue weighted by molar-refractivity contribution is -0.147. The van der Waals surface area contributed by atoms with Crippen molar-refractivity contribution in [3.8, 4) is 0 Å². The molecule has 2 amide bonds. The summed E-state index contributed by atoms with van der Waals surface area (Å²) in [5.41, 5.74) is -1.44. The summed E-state index contributed by atoms with van der Waals surface area (Å²) in [6.45, 7) is 7.54. The van der Waals surface area contributed by atoms with Gasteiger partial charge in [0.05, 0.1) is 18.8 Å². The van der Waals surface area contributed by atoms with Crippen LogP contribution in [0, 0.1) is 0 Å². The Kier molecular flexibility index (Phi) is 3.47. The molecule has 0 aromatic rings. The number of carbonyl (C=O) groups excluding carboxylic acids is 1. The summed E-state index contributed by atoms with van der Waals surface area (Å²) in [4.78, 5) is 27.2. The van der Waals surface area contributed by atoms with Gasteiger partial charge < -0.3 is 19.6 Å². The van der Waals surface area contributed by atoms with Crippen LogP contribution in [0.5, 0.6) is 0 Å². The van der Waals surface area contributed by atoms with Crippen molar-refractivity contribution in [2.75, 3.05) is 26.2 Å². The van der Waals surface area contributed by atoms with Crippen molar-refractivity contribution < 1.29 is 19.4 Å². The van der Waals surface area contributed by atoms with Crippen LogP contribution in [0.15, 0.2) is 0 Å². The van der Waals surface area contributed by atoms with Crippen LogP contribution in [0.3, 0.4) is 0 Å². The van der Waals surface area contributed by atoms with E-state index in [4.69, 9.17) is 4.74 Å². The molecule has 1 atom stereocenters. The number of amides is 2. The van der Waals surface area contributed by atoms with Gasteiger partial charge in [-0.15, -0.1) is 0 Å². The van der Waals surface area contributed by atoms with Crippen molar-refractivity contribution in [1.82, 2.24) is 9.80 Å². The molecule has 108 valence electrons. The van der Waals surface area contributed by atoms with Gasteiger partial charge in [-0.05, 0) is 33.6 Å². The molecule has 2 rings (SSSR count). The van der Waals surface area contributed by atoms with Crippen molar-refractivity contribution in [2.24, 2.45) is 0 Å². The maximum Gasteiger partial charge on any atom is 0.329 e. The second-order valence-electron chi connectivity index (χ2n) is 6.15. The molecule has 0 saturated carbocycles. The first-order valence-electron chi connectivity index (χ1n) is 6.70. The number of nitrogens with zero attached hydrogens (tertiary/aromatic N) is 2. The third-order valence-corrected chi connectivity index (χ3v) is 4.03. The van der Waals surface area contributed by atoms with Crippen LogP contribution < -0.4 is 0 Å². The van der Waals surface area contributed by atoms with E-state index in [-0.39, 0.29) is 11.6 Å². The maximum absolute atomic E-state index is 12.5. The second kappa shape index (κ2) is 4.67. The molecule has 0 bridgehead atoms. The molecule has 0 spiro atoms. The standard InChI is InChI=1S/C13H22N2O4/c1-12(2)9-14(7-8-19-12)11(18)15-6-4-5-13(15,3)10(16)17/h4-9H2,1-3H3,(H,16,17). The van der Waals surface area contributed by atoms with E-state index in [0.29, 0.717) is 32.7 Å². The monoisotopic (exact) mass is 270 g/mol. The van der Waals surface area contributed by atoms with Crippen LogP contribution in [0.1, 0.15) is 33.6 Å². The minimum absolute atomic E-state index is 0.182. The number of aliphatic carboxylic acids is 1. The zero-order valence-corrected chi connectivity index (χ0v) is 11.8. The zero-order chi connectivity index (χ0) is 14.3. The Labute approximate surface area is 113 Å². The molecule has 0 aromatic heterocycles. The molecule has 2 aliphatic rings. The average molecular weight is 270 g/mol. The van der Waals surface area contributed by atoms with Gasteiger partial charge in [-0.3, -0.25) is 0 Å². The number of ether oxygens (including phenoxy) is 1. The fourth-order valence-electron chi connectivity index (χ4n) is 2.84. The van der Waals surface area contributed by atoms with Crippen LogP contribution in [-0.2, 0) is 9.53 Å². The third kappa shape index (κ3) is 2.54. The highest BCUT2D eigenvalue weighted by atomic mass is 16.5. The van der Waals surface area contributed by atoms with Crippen molar-refractivity contribution in [3.63, 3.8) is 0 Å². The summed E-state index contributed by atoms with van der Waals surface area (Å²) in [6, 6.07) is -0.182. The van der Waals surface area contributed by atoms with Gasteiger partial charge in [0.15, 0.2) is 0 Å². The smallest absolute Gasteiger partial charge is 0.329 e. The first kappa shape index (κ1) is 14.1. The number of urea groups is 1. The molecule has 0 aliphatic carbocycles. The van der Waals surface area contributed by atoms with Gasteiger partial charge in [0.25, 0.3) is 0 Å². The van der Waals surface area contributed by atoms with E-state index < -0.39 is 11.5 Å². The van der Waals surface area contributed by atoms with Crippen molar-refractivity contribution in [1.29, 1.82) is 0 Å². The summed E-state index contributed by atoms with van der Waals surface area (Å²) >= 11 is 0. The number of hydrogen-bond donors (Lipinski definition) is 1. The molecule has 0 radical (unpaired) electrons. The average Bonchev–Trinajstić information content (AvgIpc) is 2.70. The van der Waals surface area contributed by atoms with E-state index in [9.17, 15) is 14.7 Å². The Bertz CT molecular complexity index is 396. The molecule has 6 heteroatoms. The van der Waals surface area contributed by atoms with E-state index in [1.807, 2.05) is 13.8 Å². The quantitative estimate of drug-likeness (QED) is 0.776. The van der Waals surface area contributed by atoms with Gasteiger partial charge in [0.2, 0.25) is 0 Å². The van der Waals surface area contributed by atoms with E-state index >= 15 is 0 Å². The molecule has 6 nitrogen and oxygen atoms in total. The molecule has 1 N–H and O–H groups in total. The highest BCUT2D eigenvalue weighted by molar-refractivity contribution is 5.86. The fraction of sp³-hybridized carbons (Fsp3) is 0.846. The summed E-state index contributed by atoms with van der Waals surface area (Å²) in [7, 11) is 0. The topological polar surface area (TPSA) is 70.1 Å². The van der Waals surface area contributed by atoms with Crippen LogP contribution in [0.2, 0.25) is 0 Å². The molecule has 2 saturated heterocycles. The molecule has 2 fully saturated rings. The Balaban J connectivity index is 2.13. The predicted molar refractivity (Wildman–Crippen MR) is 69.0 cm³/mol. The first-order valence-corrected chi connectivity index (χ1v) is 6.70. The van der Waals surface area contributed by atoms with Gasteiger partial charge in [-0.2, -0.15) is 0 Å². The molecular formula is C13H22N2O4. The molecule has 19 heavy (non-hydrogen) atoms. The number of carboxylic acid groups (broad SMARTS) is 1. The van der Waals surface area contributed by atoms with Crippen LogP contribution in [-0.4, -0.2) is 64.3 Å². The molecule has 2 heterocycles. The Morgan fingerprint density at radius 2 is 1.89 bits per heavy atom. The summed E-state index contributed by atoms with van der Waals surface area (Å²) in [5.74, 6) is -0.925. The van der Waals surface area contributed by atoms with E-state index in [1.54, 1.807) is 11.8 Å². The van der Waals surface area contributed by atoms with Gasteiger partial charge in [-0.25, -0.2) is 9.59 Å². The summed E-state index contributed by atoms with van der Waals surface area (Å²) < 4.78 is 5.58. The first-order chi connectivity index (χ1) is 8.76. The van der Waals surface area contributed by atoms with Gasteiger partial charge in [0.1, 0.15) is 5.54 Å². The molecule has 0 aromatic carbocycles. The number of hydrogen-bond acceptors (Lipinski definition) is 3. The molecule has 1 unspecified atom stereocenters. The lowest BCUT2D eigenvalue weighted by Crippen LogP contribution is -2.59. The maximum atomic E-state index is 12.5. The summed E-state index contributed by atoms with van der Waals surface area (Å²) in [5, 5.41) is 9.36. The lowest BCUT2D eigenvalue weighted by Gasteiger charge is -2.42. The SMILES string of the molecule is CC1(C)CN(C(=O)N2CCCC2(C)C(=O)O)CCO1. The van der Waals surface area contributed by atoms with E-state index in [1.165, 1.54) is 4.90 Å². The van der Waals surface area contributed by atoms with Crippen LogP contribution in [0.4, 0.5) is 4.79 Å². The normalized spacial score (nSPS) is 30.5. The van der Waals surface area contributed by atoms with Crippen molar-refractivity contribution >= 4 is 12.0 Å². The minimum atomic E-state index is -1.07. The highest BCUT2D eigenvalue weighted by Crippen LogP contribution is 2.31. The van der Waals surface area contributed by atoms with Crippen LogP contribution >= 0.6 is 0 Å². The molecular weight excluding hydrogens is 248 g/mol. The minimum Gasteiger partial charge on any atom is -0.480 e. The van der Waals surface area contributed by atoms with E-state index in [0.717, 1.165) is 6.42 Å². The lowest BCUT2D eigenvalue weighted by atomic mass is 9.99. The van der Waals surface area contributed by atoms with Crippen molar-refractivity contribution in [2.45, 2.75) is 44.8 Å². The number of morpholine rings is 1. The fourth-order valence-corrected chi connectivity index (χ4v) is 2.84.